The molecular weight excluding hydrogens is 439 g/mol. The standard InChI is InChI=1S/C30H63O3P/c1-28(2,3)22-16-10-13-19-25-31-34(32-26-20-14-11-17-23-29(4,5)6)33-27-21-15-12-18-24-30(7,8)9/h10-27H2,1-9H3. The highest BCUT2D eigenvalue weighted by molar-refractivity contribution is 7.41. The Morgan fingerprint density at radius 1 is 0.353 bits per heavy atom. The Balaban J connectivity index is 4.04. The zero-order valence-corrected chi connectivity index (χ0v) is 25.8. The van der Waals surface area contributed by atoms with E-state index in [0.717, 1.165) is 39.1 Å². The Morgan fingerprint density at radius 2 is 0.588 bits per heavy atom. The van der Waals surface area contributed by atoms with Crippen molar-refractivity contribution in [1.29, 1.82) is 0 Å². The molecule has 206 valence electrons. The molecule has 0 aliphatic carbocycles. The van der Waals surface area contributed by atoms with Gasteiger partial charge in [0.15, 0.2) is 0 Å². The monoisotopic (exact) mass is 502 g/mol. The van der Waals surface area contributed by atoms with Crippen molar-refractivity contribution in [3.05, 3.63) is 0 Å². The SMILES string of the molecule is CC(C)(C)CCCCCCOP(OCCCCCCC(C)(C)C)OCCCCCCC(C)(C)C. The fraction of sp³-hybridized carbons (Fsp3) is 1.00. The van der Waals surface area contributed by atoms with Crippen LogP contribution in [0.25, 0.3) is 0 Å². The highest BCUT2D eigenvalue weighted by Gasteiger charge is 2.14. The van der Waals surface area contributed by atoms with Crippen molar-refractivity contribution in [2.45, 2.75) is 159 Å². The van der Waals surface area contributed by atoms with Gasteiger partial charge in [0, 0.05) is 0 Å². The molecule has 3 nitrogen and oxygen atoms in total. The predicted octanol–water partition coefficient (Wildman–Crippen LogP) is 11.3. The summed E-state index contributed by atoms with van der Waals surface area (Å²) in [5.41, 5.74) is 1.35. The third kappa shape index (κ3) is 28.5. The van der Waals surface area contributed by atoms with Crippen LogP contribution in [0.4, 0.5) is 0 Å². The highest BCUT2D eigenvalue weighted by atomic mass is 31.2. The fourth-order valence-electron chi connectivity index (χ4n) is 3.86. The second-order valence-electron chi connectivity index (χ2n) is 13.9. The number of rotatable bonds is 21. The third-order valence-electron chi connectivity index (χ3n) is 6.05. The maximum Gasteiger partial charge on any atom is 0.332 e. The van der Waals surface area contributed by atoms with Crippen LogP contribution in [0.1, 0.15) is 159 Å². The molecule has 0 rings (SSSR count). The zero-order valence-electron chi connectivity index (χ0n) is 24.9. The van der Waals surface area contributed by atoms with Crippen LogP contribution in [-0.2, 0) is 13.6 Å². The molecule has 0 saturated carbocycles. The van der Waals surface area contributed by atoms with E-state index < -0.39 is 8.60 Å². The van der Waals surface area contributed by atoms with Gasteiger partial charge in [0.2, 0.25) is 0 Å². The lowest BCUT2D eigenvalue weighted by atomic mass is 9.89. The van der Waals surface area contributed by atoms with Gasteiger partial charge in [-0.3, -0.25) is 0 Å². The van der Waals surface area contributed by atoms with E-state index in [1.807, 2.05) is 0 Å². The first-order valence-electron chi connectivity index (χ1n) is 14.5. The van der Waals surface area contributed by atoms with Gasteiger partial charge in [0.1, 0.15) is 0 Å². The first-order valence-corrected chi connectivity index (χ1v) is 15.6. The summed E-state index contributed by atoms with van der Waals surface area (Å²) in [6, 6.07) is 0. The van der Waals surface area contributed by atoms with Gasteiger partial charge in [0.05, 0.1) is 19.8 Å². The first-order chi connectivity index (χ1) is 15.8. The van der Waals surface area contributed by atoms with Crippen molar-refractivity contribution in [1.82, 2.24) is 0 Å². The summed E-state index contributed by atoms with van der Waals surface area (Å²) < 4.78 is 18.2. The van der Waals surface area contributed by atoms with Gasteiger partial charge in [-0.2, -0.15) is 0 Å². The van der Waals surface area contributed by atoms with Crippen molar-refractivity contribution in [2.24, 2.45) is 16.2 Å². The summed E-state index contributed by atoms with van der Waals surface area (Å²) in [6.45, 7) is 23.2. The molecule has 0 spiro atoms. The predicted molar refractivity (Wildman–Crippen MR) is 152 cm³/mol. The van der Waals surface area contributed by atoms with Gasteiger partial charge >= 0.3 is 8.60 Å². The van der Waals surface area contributed by atoms with E-state index >= 15 is 0 Å². The quantitative estimate of drug-likeness (QED) is 0.115. The molecule has 0 aromatic carbocycles. The lowest BCUT2D eigenvalue weighted by Crippen LogP contribution is -2.04. The molecule has 0 aliphatic heterocycles. The maximum atomic E-state index is 6.05. The maximum absolute atomic E-state index is 6.05. The minimum atomic E-state index is -1.19. The third-order valence-corrected chi connectivity index (χ3v) is 7.23. The van der Waals surface area contributed by atoms with Crippen molar-refractivity contribution in [3.63, 3.8) is 0 Å². The number of hydrogen-bond donors (Lipinski definition) is 0. The number of hydrogen-bond acceptors (Lipinski definition) is 3. The molecule has 0 saturated heterocycles. The summed E-state index contributed by atoms with van der Waals surface area (Å²) in [5, 5.41) is 0. The lowest BCUT2D eigenvalue weighted by Gasteiger charge is -2.19. The van der Waals surface area contributed by atoms with E-state index in [0.29, 0.717) is 16.2 Å². The topological polar surface area (TPSA) is 27.7 Å². The van der Waals surface area contributed by atoms with E-state index in [4.69, 9.17) is 13.6 Å². The Bertz CT molecular complexity index is 379. The summed E-state index contributed by atoms with van der Waals surface area (Å²) in [7, 11) is -1.19. The van der Waals surface area contributed by atoms with E-state index in [-0.39, 0.29) is 0 Å². The lowest BCUT2D eigenvalue weighted by molar-refractivity contribution is 0.153. The molecule has 0 aromatic heterocycles. The van der Waals surface area contributed by atoms with Gasteiger partial charge in [-0.25, -0.2) is 0 Å². The largest absolute Gasteiger partial charge is 0.332 e. The molecule has 34 heavy (non-hydrogen) atoms. The smallest absolute Gasteiger partial charge is 0.312 e. The zero-order chi connectivity index (χ0) is 25.9. The molecule has 0 atom stereocenters. The Morgan fingerprint density at radius 3 is 0.824 bits per heavy atom. The molecule has 0 fully saturated rings. The fourth-order valence-corrected chi connectivity index (χ4v) is 4.92. The molecule has 0 aromatic rings. The van der Waals surface area contributed by atoms with Crippen molar-refractivity contribution in [2.75, 3.05) is 19.8 Å². The molecule has 0 bridgehead atoms. The average Bonchev–Trinajstić information content (AvgIpc) is 2.68. The number of unbranched alkanes of at least 4 members (excludes halogenated alkanes) is 9. The molecular formula is C30H63O3P. The van der Waals surface area contributed by atoms with Gasteiger partial charge in [-0.05, 0) is 54.8 Å². The highest BCUT2D eigenvalue weighted by Crippen LogP contribution is 2.40. The van der Waals surface area contributed by atoms with Gasteiger partial charge in [-0.15, -0.1) is 0 Å². The minimum Gasteiger partial charge on any atom is -0.312 e. The van der Waals surface area contributed by atoms with E-state index in [1.165, 1.54) is 77.0 Å². The minimum absolute atomic E-state index is 0.450. The molecule has 0 heterocycles. The molecule has 0 amide bonds. The Labute approximate surface area is 216 Å². The first kappa shape index (κ1) is 34.3. The summed E-state index contributed by atoms with van der Waals surface area (Å²) in [4.78, 5) is 0. The van der Waals surface area contributed by atoms with Crippen LogP contribution in [0.2, 0.25) is 0 Å². The average molecular weight is 503 g/mol. The molecule has 0 unspecified atom stereocenters. The summed E-state index contributed by atoms with van der Waals surface area (Å²) in [5.74, 6) is 0. The van der Waals surface area contributed by atoms with Crippen LogP contribution in [0.3, 0.4) is 0 Å². The molecule has 0 radical (unpaired) electrons. The van der Waals surface area contributed by atoms with E-state index in [9.17, 15) is 0 Å². The van der Waals surface area contributed by atoms with Gasteiger partial charge < -0.3 is 13.6 Å². The summed E-state index contributed by atoms with van der Waals surface area (Å²) >= 11 is 0. The second kappa shape index (κ2) is 19.4. The molecule has 0 N–H and O–H groups in total. The normalized spacial score (nSPS) is 13.2. The van der Waals surface area contributed by atoms with Crippen molar-refractivity contribution >= 4 is 8.60 Å². The van der Waals surface area contributed by atoms with Crippen LogP contribution in [0.15, 0.2) is 0 Å². The Kier molecular flexibility index (Phi) is 19.6. The van der Waals surface area contributed by atoms with Crippen LogP contribution in [0.5, 0.6) is 0 Å². The van der Waals surface area contributed by atoms with Gasteiger partial charge in [-0.1, -0.05) is 120 Å². The van der Waals surface area contributed by atoms with Crippen LogP contribution >= 0.6 is 8.60 Å². The summed E-state index contributed by atoms with van der Waals surface area (Å²) in [6.07, 6.45) is 18.8. The molecule has 0 aliphatic rings. The Hall–Kier alpha value is 0.310. The van der Waals surface area contributed by atoms with Crippen molar-refractivity contribution in [3.8, 4) is 0 Å². The van der Waals surface area contributed by atoms with Crippen LogP contribution in [0, 0.1) is 16.2 Å². The van der Waals surface area contributed by atoms with Gasteiger partial charge in [0.25, 0.3) is 0 Å². The van der Waals surface area contributed by atoms with Crippen LogP contribution < -0.4 is 0 Å². The van der Waals surface area contributed by atoms with E-state index in [1.54, 1.807) is 0 Å². The van der Waals surface area contributed by atoms with Crippen LogP contribution in [-0.4, -0.2) is 19.8 Å². The molecule has 4 heteroatoms. The second-order valence-corrected chi connectivity index (χ2v) is 15.1. The van der Waals surface area contributed by atoms with E-state index in [2.05, 4.69) is 62.3 Å². The van der Waals surface area contributed by atoms with Crippen molar-refractivity contribution < 1.29 is 13.6 Å².